The Hall–Kier alpha value is -4.30. The van der Waals surface area contributed by atoms with Crippen LogP contribution in [0.25, 0.3) is 21.2 Å². The first kappa shape index (κ1) is 21.2. The number of benzene rings is 3. The number of Topliss-reactive ketones (excluding diaryl/α,β-unsaturated/α-hetero) is 2. The van der Waals surface area contributed by atoms with Gasteiger partial charge in [-0.25, -0.2) is 4.98 Å². The van der Waals surface area contributed by atoms with Gasteiger partial charge in [0.05, 0.1) is 16.3 Å². The SMILES string of the molecule is Cc1ccc2nc(N3C(=O)C(=O)C(C(=O)c4cc5ccccc5o4)C3c3cccc(O)c3)sc2c1. The minimum atomic E-state index is -1.35. The first-order valence-electron chi connectivity index (χ1n) is 11.0. The summed E-state index contributed by atoms with van der Waals surface area (Å²) in [5.41, 5.74) is 2.70. The third-order valence-electron chi connectivity index (χ3n) is 6.21. The third-order valence-corrected chi connectivity index (χ3v) is 7.22. The Balaban J connectivity index is 1.51. The van der Waals surface area contributed by atoms with Gasteiger partial charge in [0.15, 0.2) is 10.9 Å². The molecule has 0 bridgehead atoms. The number of carbonyl (C=O) groups is 3. The number of ketones is 2. The molecule has 7 nitrogen and oxygen atoms in total. The molecule has 3 aromatic carbocycles. The Morgan fingerprint density at radius 1 is 1.03 bits per heavy atom. The molecule has 0 spiro atoms. The van der Waals surface area contributed by atoms with Gasteiger partial charge in [-0.1, -0.05) is 47.7 Å². The maximum Gasteiger partial charge on any atom is 0.297 e. The van der Waals surface area contributed by atoms with Crippen molar-refractivity contribution < 1.29 is 23.9 Å². The van der Waals surface area contributed by atoms with Crippen LogP contribution in [0.4, 0.5) is 5.13 Å². The van der Waals surface area contributed by atoms with Crippen LogP contribution in [0.2, 0.25) is 0 Å². The molecule has 0 radical (unpaired) electrons. The smallest absolute Gasteiger partial charge is 0.297 e. The summed E-state index contributed by atoms with van der Waals surface area (Å²) in [7, 11) is 0. The van der Waals surface area contributed by atoms with Gasteiger partial charge in [-0.3, -0.25) is 19.3 Å². The molecule has 8 heteroatoms. The first-order chi connectivity index (χ1) is 16.9. The van der Waals surface area contributed by atoms with Crippen LogP contribution in [0, 0.1) is 12.8 Å². The standard InChI is InChI=1S/C27H18N2O5S/c1-14-9-10-18-21(11-14)35-27(28-18)29-23(16-6-4-7-17(30)12-16)22(25(32)26(29)33)24(31)20-13-15-5-2-3-8-19(15)34-20/h2-13,22-23,30H,1H3. The summed E-state index contributed by atoms with van der Waals surface area (Å²) in [6, 6.07) is 19.7. The predicted molar refractivity (Wildman–Crippen MR) is 132 cm³/mol. The van der Waals surface area contributed by atoms with Crippen LogP contribution >= 0.6 is 11.3 Å². The minimum absolute atomic E-state index is 0.00396. The summed E-state index contributed by atoms with van der Waals surface area (Å²) in [6.45, 7) is 1.96. The number of carbonyl (C=O) groups excluding carboxylic acids is 3. The number of aromatic hydroxyl groups is 1. The van der Waals surface area contributed by atoms with E-state index in [1.165, 1.54) is 28.4 Å². The molecule has 0 aliphatic carbocycles. The quantitative estimate of drug-likeness (QED) is 0.214. The van der Waals surface area contributed by atoms with Crippen LogP contribution in [0.5, 0.6) is 5.75 Å². The predicted octanol–water partition coefficient (Wildman–Crippen LogP) is 5.21. The molecule has 1 saturated heterocycles. The van der Waals surface area contributed by atoms with E-state index in [9.17, 15) is 19.5 Å². The molecule has 2 unspecified atom stereocenters. The second-order valence-electron chi connectivity index (χ2n) is 8.54. The average molecular weight is 483 g/mol. The van der Waals surface area contributed by atoms with E-state index in [0.29, 0.717) is 21.8 Å². The fraction of sp³-hybridized carbons (Fsp3) is 0.111. The number of amides is 1. The van der Waals surface area contributed by atoms with Crippen molar-refractivity contribution in [1.29, 1.82) is 0 Å². The molecule has 1 N–H and O–H groups in total. The van der Waals surface area contributed by atoms with E-state index in [-0.39, 0.29) is 11.5 Å². The number of furan rings is 1. The van der Waals surface area contributed by atoms with E-state index in [1.807, 2.05) is 31.2 Å². The van der Waals surface area contributed by atoms with Gasteiger partial charge in [-0.2, -0.15) is 0 Å². The average Bonchev–Trinajstić information content (AvgIpc) is 3.52. The van der Waals surface area contributed by atoms with Crippen LogP contribution in [-0.4, -0.2) is 27.6 Å². The Morgan fingerprint density at radius 2 is 1.86 bits per heavy atom. The van der Waals surface area contributed by atoms with Crippen molar-refractivity contribution in [2.45, 2.75) is 13.0 Å². The number of rotatable bonds is 4. The van der Waals surface area contributed by atoms with Gasteiger partial charge in [0.1, 0.15) is 17.3 Å². The number of phenols is 1. The summed E-state index contributed by atoms with van der Waals surface area (Å²) in [5, 5.41) is 11.2. The monoisotopic (exact) mass is 482 g/mol. The van der Waals surface area contributed by atoms with Crippen LogP contribution in [-0.2, 0) is 9.59 Å². The molecule has 2 atom stereocenters. The van der Waals surface area contributed by atoms with Gasteiger partial charge < -0.3 is 9.52 Å². The van der Waals surface area contributed by atoms with Gasteiger partial charge in [0.25, 0.3) is 5.91 Å². The molecule has 1 fully saturated rings. The van der Waals surface area contributed by atoms with Crippen LogP contribution in [0.15, 0.2) is 77.2 Å². The fourth-order valence-corrected chi connectivity index (χ4v) is 5.67. The Labute approximate surface area is 203 Å². The second-order valence-corrected chi connectivity index (χ2v) is 9.55. The normalized spacial score (nSPS) is 18.1. The first-order valence-corrected chi connectivity index (χ1v) is 11.8. The van der Waals surface area contributed by atoms with Gasteiger partial charge in [0.2, 0.25) is 11.6 Å². The van der Waals surface area contributed by atoms with E-state index in [4.69, 9.17) is 4.42 Å². The van der Waals surface area contributed by atoms with Crippen molar-refractivity contribution >= 4 is 55.1 Å². The highest BCUT2D eigenvalue weighted by molar-refractivity contribution is 7.22. The third kappa shape index (κ3) is 3.41. The van der Waals surface area contributed by atoms with Crippen LogP contribution in [0.1, 0.15) is 27.7 Å². The summed E-state index contributed by atoms with van der Waals surface area (Å²) >= 11 is 1.28. The van der Waals surface area contributed by atoms with Crippen molar-refractivity contribution in [1.82, 2.24) is 4.98 Å². The van der Waals surface area contributed by atoms with E-state index in [0.717, 1.165) is 15.6 Å². The summed E-state index contributed by atoms with van der Waals surface area (Å²) < 4.78 is 6.60. The number of thiazole rings is 1. The molecule has 0 saturated carbocycles. The van der Waals surface area contributed by atoms with Crippen molar-refractivity contribution in [2.75, 3.05) is 4.90 Å². The number of hydrogen-bond acceptors (Lipinski definition) is 7. The minimum Gasteiger partial charge on any atom is -0.508 e. The van der Waals surface area contributed by atoms with E-state index in [1.54, 1.807) is 36.4 Å². The number of para-hydroxylation sites is 1. The molecule has 1 amide bonds. The van der Waals surface area contributed by atoms with Gasteiger partial charge in [-0.05, 0) is 54.4 Å². The number of phenolic OH excluding ortho intramolecular Hbond substituents is 1. The second kappa shape index (κ2) is 7.89. The lowest BCUT2D eigenvalue weighted by atomic mass is 9.88. The van der Waals surface area contributed by atoms with Gasteiger partial charge in [0, 0.05) is 5.39 Å². The number of aryl methyl sites for hydroxylation is 1. The Kier molecular flexibility index (Phi) is 4.79. The van der Waals surface area contributed by atoms with E-state index in [2.05, 4.69) is 4.98 Å². The maximum absolute atomic E-state index is 13.7. The summed E-state index contributed by atoms with van der Waals surface area (Å²) in [4.78, 5) is 46.2. The molecule has 172 valence electrons. The molecule has 6 rings (SSSR count). The van der Waals surface area contributed by atoms with Crippen molar-refractivity contribution in [3.63, 3.8) is 0 Å². The highest BCUT2D eigenvalue weighted by Crippen LogP contribution is 2.44. The van der Waals surface area contributed by atoms with Crippen molar-refractivity contribution in [2.24, 2.45) is 5.92 Å². The molecule has 35 heavy (non-hydrogen) atoms. The highest BCUT2D eigenvalue weighted by Gasteiger charge is 2.54. The molecule has 3 heterocycles. The highest BCUT2D eigenvalue weighted by atomic mass is 32.1. The topological polar surface area (TPSA) is 101 Å². The van der Waals surface area contributed by atoms with Crippen LogP contribution in [0.3, 0.4) is 0 Å². The molecule has 5 aromatic rings. The lowest BCUT2D eigenvalue weighted by Crippen LogP contribution is -2.30. The van der Waals surface area contributed by atoms with Crippen molar-refractivity contribution in [3.05, 3.63) is 89.7 Å². The molecule has 2 aromatic heterocycles. The zero-order valence-electron chi connectivity index (χ0n) is 18.5. The van der Waals surface area contributed by atoms with Gasteiger partial charge >= 0.3 is 0 Å². The number of fused-ring (bicyclic) bond motifs is 2. The van der Waals surface area contributed by atoms with E-state index >= 15 is 0 Å². The maximum atomic E-state index is 13.7. The largest absolute Gasteiger partial charge is 0.508 e. The summed E-state index contributed by atoms with van der Waals surface area (Å²) in [5.74, 6) is -3.62. The molecular formula is C27H18N2O5S. The Bertz CT molecular complexity index is 1630. The van der Waals surface area contributed by atoms with Crippen molar-refractivity contribution in [3.8, 4) is 5.75 Å². The van der Waals surface area contributed by atoms with Crippen LogP contribution < -0.4 is 4.90 Å². The Morgan fingerprint density at radius 3 is 2.66 bits per heavy atom. The van der Waals surface area contributed by atoms with Gasteiger partial charge in [-0.15, -0.1) is 0 Å². The molecular weight excluding hydrogens is 464 g/mol. The zero-order valence-corrected chi connectivity index (χ0v) is 19.3. The molecule has 1 aliphatic rings. The fourth-order valence-electron chi connectivity index (χ4n) is 4.57. The molecule has 1 aliphatic heterocycles. The number of nitrogens with zero attached hydrogens (tertiary/aromatic N) is 2. The lowest BCUT2D eigenvalue weighted by molar-refractivity contribution is -0.135. The number of aromatic nitrogens is 1. The zero-order chi connectivity index (χ0) is 24.3. The summed E-state index contributed by atoms with van der Waals surface area (Å²) in [6.07, 6.45) is 0. The van der Waals surface area contributed by atoms with E-state index < -0.39 is 29.4 Å². The number of hydrogen-bond donors (Lipinski definition) is 1. The number of anilines is 1. The lowest BCUT2D eigenvalue weighted by Gasteiger charge is -2.24.